The molecule has 0 aliphatic carbocycles. The molecule has 0 saturated carbocycles. The summed E-state index contributed by atoms with van der Waals surface area (Å²) in [4.78, 5) is 12.1. The van der Waals surface area contributed by atoms with Crippen LogP contribution in [0.15, 0.2) is 78.9 Å². The highest BCUT2D eigenvalue weighted by atomic mass is 19.1. The Morgan fingerprint density at radius 3 is 1.85 bits per heavy atom. The van der Waals surface area contributed by atoms with Crippen molar-refractivity contribution in [3.8, 4) is 0 Å². The second kappa shape index (κ2) is 9.05. The minimum atomic E-state index is -0.486. The van der Waals surface area contributed by atoms with Crippen LogP contribution in [0.25, 0.3) is 0 Å². The van der Waals surface area contributed by atoms with E-state index in [1.54, 1.807) is 48.5 Å². The van der Waals surface area contributed by atoms with E-state index in [-0.39, 0.29) is 24.1 Å². The Kier molecular flexibility index (Phi) is 6.28. The molecule has 5 heteroatoms. The molecule has 0 radical (unpaired) electrons. The number of hydrogen-bond donors (Lipinski definition) is 1. The van der Waals surface area contributed by atoms with Crippen molar-refractivity contribution in [2.45, 2.75) is 6.10 Å². The van der Waals surface area contributed by atoms with Crippen LogP contribution in [0.1, 0.15) is 27.6 Å². The third kappa shape index (κ3) is 5.21. The quantitative estimate of drug-likeness (QED) is 0.625. The molecule has 3 nitrogen and oxygen atoms in total. The van der Waals surface area contributed by atoms with Crippen LogP contribution in [0, 0.1) is 11.6 Å². The molecular formula is C22H19F2NO2. The monoisotopic (exact) mass is 367 g/mol. The number of benzene rings is 3. The summed E-state index contributed by atoms with van der Waals surface area (Å²) >= 11 is 0. The average molecular weight is 367 g/mol. The molecule has 0 bridgehead atoms. The highest BCUT2D eigenvalue weighted by molar-refractivity contribution is 5.94. The van der Waals surface area contributed by atoms with E-state index in [9.17, 15) is 13.6 Å². The number of ether oxygens (including phenoxy) is 1. The first-order valence-electron chi connectivity index (χ1n) is 8.59. The van der Waals surface area contributed by atoms with Crippen LogP contribution in [0.4, 0.5) is 8.78 Å². The Morgan fingerprint density at radius 1 is 0.815 bits per heavy atom. The number of hydrogen-bond acceptors (Lipinski definition) is 2. The largest absolute Gasteiger partial charge is 0.367 e. The van der Waals surface area contributed by atoms with Gasteiger partial charge in [-0.05, 0) is 47.5 Å². The Labute approximate surface area is 156 Å². The van der Waals surface area contributed by atoms with Gasteiger partial charge in [-0.1, -0.05) is 42.5 Å². The number of nitrogens with one attached hydrogen (secondary N) is 1. The van der Waals surface area contributed by atoms with Gasteiger partial charge in [0.2, 0.25) is 0 Å². The summed E-state index contributed by atoms with van der Waals surface area (Å²) < 4.78 is 32.4. The van der Waals surface area contributed by atoms with Crippen molar-refractivity contribution in [2.75, 3.05) is 13.2 Å². The van der Waals surface area contributed by atoms with E-state index < -0.39 is 6.10 Å². The van der Waals surface area contributed by atoms with Gasteiger partial charge in [0.15, 0.2) is 0 Å². The zero-order chi connectivity index (χ0) is 19.1. The van der Waals surface area contributed by atoms with E-state index in [1.165, 1.54) is 24.3 Å². The predicted octanol–water partition coefficient (Wildman–Crippen LogP) is 4.50. The lowest BCUT2D eigenvalue weighted by Gasteiger charge is -2.19. The Hall–Kier alpha value is -3.05. The summed E-state index contributed by atoms with van der Waals surface area (Å²) in [6.07, 6.45) is -0.486. The first kappa shape index (κ1) is 18.7. The molecule has 0 aliphatic rings. The highest BCUT2D eigenvalue weighted by Crippen LogP contribution is 2.26. The maximum Gasteiger partial charge on any atom is 0.251 e. The lowest BCUT2D eigenvalue weighted by molar-refractivity contribution is 0.0755. The Bertz CT molecular complexity index is 820. The van der Waals surface area contributed by atoms with Gasteiger partial charge in [0.1, 0.15) is 17.7 Å². The zero-order valence-corrected chi connectivity index (χ0v) is 14.6. The molecule has 1 amide bonds. The van der Waals surface area contributed by atoms with Crippen molar-refractivity contribution >= 4 is 5.91 Å². The summed E-state index contributed by atoms with van der Waals surface area (Å²) in [6, 6.07) is 20.8. The normalized spacial score (nSPS) is 10.8. The highest BCUT2D eigenvalue weighted by Gasteiger charge is 2.15. The molecule has 0 aliphatic heterocycles. The van der Waals surface area contributed by atoms with Crippen LogP contribution in [-0.4, -0.2) is 19.1 Å². The van der Waals surface area contributed by atoms with Crippen molar-refractivity contribution < 1.29 is 18.3 Å². The molecule has 0 spiro atoms. The van der Waals surface area contributed by atoms with Gasteiger partial charge >= 0.3 is 0 Å². The van der Waals surface area contributed by atoms with E-state index in [1.807, 2.05) is 6.07 Å². The first-order chi connectivity index (χ1) is 13.1. The molecule has 0 unspecified atom stereocenters. The molecular weight excluding hydrogens is 348 g/mol. The number of carbonyl (C=O) groups excluding carboxylic acids is 1. The summed E-state index contributed by atoms with van der Waals surface area (Å²) in [5.41, 5.74) is 2.07. The molecule has 0 fully saturated rings. The minimum absolute atomic E-state index is 0.181. The maximum absolute atomic E-state index is 13.2. The third-order valence-corrected chi connectivity index (χ3v) is 4.05. The smallest absolute Gasteiger partial charge is 0.251 e. The average Bonchev–Trinajstić information content (AvgIpc) is 2.70. The van der Waals surface area contributed by atoms with Crippen molar-refractivity contribution in [2.24, 2.45) is 0 Å². The van der Waals surface area contributed by atoms with Gasteiger partial charge in [-0.2, -0.15) is 0 Å². The summed E-state index contributed by atoms with van der Waals surface area (Å²) in [5.74, 6) is -0.863. The van der Waals surface area contributed by atoms with Crippen molar-refractivity contribution in [1.82, 2.24) is 5.32 Å². The number of carbonyl (C=O) groups is 1. The summed E-state index contributed by atoms with van der Waals surface area (Å²) in [6.45, 7) is 0.560. The second-order valence-corrected chi connectivity index (χ2v) is 5.98. The Morgan fingerprint density at radius 2 is 1.33 bits per heavy atom. The topological polar surface area (TPSA) is 38.3 Å². The van der Waals surface area contributed by atoms with Gasteiger partial charge in [0.25, 0.3) is 5.91 Å². The van der Waals surface area contributed by atoms with E-state index in [0.717, 1.165) is 11.1 Å². The fourth-order valence-electron chi connectivity index (χ4n) is 2.69. The molecule has 0 atom stereocenters. The van der Waals surface area contributed by atoms with Crippen molar-refractivity contribution in [3.63, 3.8) is 0 Å². The van der Waals surface area contributed by atoms with Gasteiger partial charge < -0.3 is 10.1 Å². The molecule has 3 aromatic rings. The van der Waals surface area contributed by atoms with E-state index in [2.05, 4.69) is 5.32 Å². The third-order valence-electron chi connectivity index (χ3n) is 4.05. The zero-order valence-electron chi connectivity index (χ0n) is 14.6. The summed E-state index contributed by atoms with van der Waals surface area (Å²) in [5, 5.41) is 2.79. The van der Waals surface area contributed by atoms with E-state index in [4.69, 9.17) is 4.74 Å². The summed E-state index contributed by atoms with van der Waals surface area (Å²) in [7, 11) is 0. The van der Waals surface area contributed by atoms with E-state index >= 15 is 0 Å². The number of halogens is 2. The molecule has 0 heterocycles. The van der Waals surface area contributed by atoms with Crippen LogP contribution in [0.5, 0.6) is 0 Å². The molecule has 0 aromatic heterocycles. The fourth-order valence-corrected chi connectivity index (χ4v) is 2.69. The van der Waals surface area contributed by atoms with Crippen LogP contribution in [0.3, 0.4) is 0 Å². The Balaban J connectivity index is 1.64. The molecule has 138 valence electrons. The van der Waals surface area contributed by atoms with Gasteiger partial charge in [0.05, 0.1) is 6.61 Å². The van der Waals surface area contributed by atoms with Crippen molar-refractivity contribution in [1.29, 1.82) is 0 Å². The number of rotatable bonds is 7. The van der Waals surface area contributed by atoms with E-state index in [0.29, 0.717) is 12.1 Å². The van der Waals surface area contributed by atoms with Crippen LogP contribution < -0.4 is 5.32 Å². The maximum atomic E-state index is 13.2. The molecule has 0 saturated heterocycles. The SMILES string of the molecule is O=C(NCCOC(c1ccc(F)cc1)c1ccc(F)cc1)c1ccccc1. The van der Waals surface area contributed by atoms with Gasteiger partial charge in [0, 0.05) is 12.1 Å². The predicted molar refractivity (Wildman–Crippen MR) is 99.4 cm³/mol. The molecule has 3 aromatic carbocycles. The van der Waals surface area contributed by atoms with Gasteiger partial charge in [-0.3, -0.25) is 4.79 Å². The molecule has 27 heavy (non-hydrogen) atoms. The van der Waals surface area contributed by atoms with Gasteiger partial charge in [-0.15, -0.1) is 0 Å². The number of amides is 1. The van der Waals surface area contributed by atoms with Crippen LogP contribution in [-0.2, 0) is 4.74 Å². The molecule has 3 rings (SSSR count). The lowest BCUT2D eigenvalue weighted by Crippen LogP contribution is -2.27. The van der Waals surface area contributed by atoms with Crippen molar-refractivity contribution in [3.05, 3.63) is 107 Å². The second-order valence-electron chi connectivity index (χ2n) is 5.98. The van der Waals surface area contributed by atoms with Gasteiger partial charge in [-0.25, -0.2) is 8.78 Å². The van der Waals surface area contributed by atoms with Crippen LogP contribution >= 0.6 is 0 Å². The fraction of sp³-hybridized carbons (Fsp3) is 0.136. The van der Waals surface area contributed by atoms with Crippen LogP contribution in [0.2, 0.25) is 0 Å². The lowest BCUT2D eigenvalue weighted by atomic mass is 10.0. The first-order valence-corrected chi connectivity index (χ1v) is 8.59. The standard InChI is InChI=1S/C22H19F2NO2/c23-19-10-6-16(7-11-19)21(17-8-12-20(24)13-9-17)27-15-14-25-22(26)18-4-2-1-3-5-18/h1-13,21H,14-15H2,(H,25,26). The minimum Gasteiger partial charge on any atom is -0.367 e. The molecule has 1 N–H and O–H groups in total.